The number of amides is 1. The van der Waals surface area contributed by atoms with Crippen LogP contribution in [0.25, 0.3) is 0 Å². The standard InChI is InChI=1S/C12H14N2O/c1-12-8-5-6-13-11(15)9(12)3-2-4-10(12)14-7-8/h2,4-7,9-10,14H,3H2,1H3,(H,13,15). The second-order valence-electron chi connectivity index (χ2n) is 4.59. The molecule has 1 amide bonds. The molecular weight excluding hydrogens is 188 g/mol. The summed E-state index contributed by atoms with van der Waals surface area (Å²) in [5.74, 6) is 0.180. The average molecular weight is 202 g/mol. The molecule has 0 radical (unpaired) electrons. The molecule has 0 aromatic rings. The van der Waals surface area contributed by atoms with Crippen molar-refractivity contribution in [1.29, 1.82) is 0 Å². The SMILES string of the molecule is CC12C3=CNC1C=CCC2C(=O)NC=C3. The van der Waals surface area contributed by atoms with E-state index in [1.54, 1.807) is 6.20 Å². The van der Waals surface area contributed by atoms with Crippen LogP contribution in [-0.2, 0) is 4.79 Å². The smallest absolute Gasteiger partial charge is 0.228 e. The third-order valence-corrected chi connectivity index (χ3v) is 3.92. The zero-order chi connectivity index (χ0) is 10.5. The Morgan fingerprint density at radius 2 is 2.40 bits per heavy atom. The van der Waals surface area contributed by atoms with Gasteiger partial charge in [-0.05, 0) is 18.1 Å². The van der Waals surface area contributed by atoms with Crippen molar-refractivity contribution < 1.29 is 4.79 Å². The number of hydrogen-bond acceptors (Lipinski definition) is 2. The van der Waals surface area contributed by atoms with E-state index in [1.165, 1.54) is 5.57 Å². The maximum Gasteiger partial charge on any atom is 0.228 e. The van der Waals surface area contributed by atoms with Crippen molar-refractivity contribution in [2.45, 2.75) is 19.4 Å². The number of nitrogens with one attached hydrogen (secondary N) is 2. The fourth-order valence-corrected chi connectivity index (χ4v) is 2.88. The van der Waals surface area contributed by atoms with Crippen LogP contribution in [-0.4, -0.2) is 11.9 Å². The second-order valence-corrected chi connectivity index (χ2v) is 4.59. The van der Waals surface area contributed by atoms with Gasteiger partial charge in [0.25, 0.3) is 0 Å². The Hall–Kier alpha value is -1.51. The Kier molecular flexibility index (Phi) is 1.61. The summed E-state index contributed by atoms with van der Waals surface area (Å²) in [6.07, 6.45) is 10.9. The largest absolute Gasteiger partial charge is 0.384 e. The van der Waals surface area contributed by atoms with Crippen LogP contribution in [0.4, 0.5) is 0 Å². The van der Waals surface area contributed by atoms with Crippen LogP contribution in [0.3, 0.4) is 0 Å². The highest BCUT2D eigenvalue weighted by atomic mass is 16.1. The van der Waals surface area contributed by atoms with Gasteiger partial charge in [-0.2, -0.15) is 0 Å². The first kappa shape index (κ1) is 8.77. The summed E-state index contributed by atoms with van der Waals surface area (Å²) in [4.78, 5) is 11.9. The van der Waals surface area contributed by atoms with E-state index < -0.39 is 0 Å². The van der Waals surface area contributed by atoms with E-state index >= 15 is 0 Å². The minimum Gasteiger partial charge on any atom is -0.384 e. The lowest BCUT2D eigenvalue weighted by molar-refractivity contribution is -0.127. The van der Waals surface area contributed by atoms with Crippen molar-refractivity contribution in [3.8, 4) is 0 Å². The van der Waals surface area contributed by atoms with Gasteiger partial charge >= 0.3 is 0 Å². The Morgan fingerprint density at radius 1 is 1.53 bits per heavy atom. The predicted molar refractivity (Wildman–Crippen MR) is 57.6 cm³/mol. The van der Waals surface area contributed by atoms with E-state index in [9.17, 15) is 4.79 Å². The van der Waals surface area contributed by atoms with E-state index in [0.29, 0.717) is 0 Å². The van der Waals surface area contributed by atoms with Gasteiger partial charge in [-0.1, -0.05) is 19.1 Å². The van der Waals surface area contributed by atoms with Crippen LogP contribution < -0.4 is 10.6 Å². The molecule has 2 heterocycles. The van der Waals surface area contributed by atoms with Gasteiger partial charge in [0.2, 0.25) is 5.91 Å². The monoisotopic (exact) mass is 202 g/mol. The molecule has 0 fully saturated rings. The van der Waals surface area contributed by atoms with E-state index in [-0.39, 0.29) is 23.3 Å². The zero-order valence-corrected chi connectivity index (χ0v) is 8.66. The first-order chi connectivity index (χ1) is 7.23. The molecule has 2 N–H and O–H groups in total. The molecule has 78 valence electrons. The lowest BCUT2D eigenvalue weighted by Gasteiger charge is -2.39. The highest BCUT2D eigenvalue weighted by Crippen LogP contribution is 2.48. The first-order valence-electron chi connectivity index (χ1n) is 5.33. The Balaban J connectivity index is 2.15. The number of carbonyl (C=O) groups is 1. The molecule has 2 aliphatic heterocycles. The minimum absolute atomic E-state index is 0.0451. The van der Waals surface area contributed by atoms with Crippen LogP contribution in [0, 0.1) is 11.3 Å². The average Bonchev–Trinajstić information content (AvgIpc) is 2.48. The summed E-state index contributed by atoms with van der Waals surface area (Å²) in [7, 11) is 0. The molecule has 0 bridgehead atoms. The predicted octanol–water partition coefficient (Wildman–Crippen LogP) is 1.07. The molecular formula is C12H14N2O. The molecule has 3 heteroatoms. The number of allylic oxidation sites excluding steroid dienone is 2. The molecule has 15 heavy (non-hydrogen) atoms. The summed E-state index contributed by atoms with van der Waals surface area (Å²) in [6.45, 7) is 2.17. The van der Waals surface area contributed by atoms with Crippen molar-refractivity contribution in [3.05, 3.63) is 36.2 Å². The van der Waals surface area contributed by atoms with Crippen LogP contribution in [0.5, 0.6) is 0 Å². The van der Waals surface area contributed by atoms with Gasteiger partial charge < -0.3 is 10.6 Å². The van der Waals surface area contributed by atoms with Gasteiger partial charge in [-0.15, -0.1) is 0 Å². The topological polar surface area (TPSA) is 41.1 Å². The first-order valence-corrected chi connectivity index (χ1v) is 5.33. The number of hydrogen-bond donors (Lipinski definition) is 2. The minimum atomic E-state index is -0.0775. The number of rotatable bonds is 0. The number of carbonyl (C=O) groups excluding carboxylic acids is 1. The normalized spacial score (nSPS) is 41.4. The van der Waals surface area contributed by atoms with Gasteiger partial charge in [0.05, 0.1) is 12.0 Å². The Bertz CT molecular complexity index is 408. The van der Waals surface area contributed by atoms with E-state index in [0.717, 1.165) is 6.42 Å². The molecule has 0 spiro atoms. The molecule has 0 saturated heterocycles. The fourth-order valence-electron chi connectivity index (χ4n) is 2.88. The van der Waals surface area contributed by atoms with Crippen LogP contribution in [0.15, 0.2) is 36.2 Å². The summed E-state index contributed by atoms with van der Waals surface area (Å²) >= 11 is 0. The molecule has 1 aliphatic carbocycles. The van der Waals surface area contributed by atoms with Crippen molar-refractivity contribution >= 4 is 5.91 Å². The lowest BCUT2D eigenvalue weighted by atomic mass is 9.64. The Morgan fingerprint density at radius 3 is 3.27 bits per heavy atom. The summed E-state index contributed by atoms with van der Waals surface area (Å²) in [5, 5.41) is 6.17. The molecule has 3 rings (SSSR count). The summed E-state index contributed by atoms with van der Waals surface area (Å²) in [6, 6.07) is 0.264. The van der Waals surface area contributed by atoms with Crippen LogP contribution >= 0.6 is 0 Å². The van der Waals surface area contributed by atoms with Gasteiger partial charge in [-0.3, -0.25) is 4.79 Å². The molecule has 3 nitrogen and oxygen atoms in total. The summed E-state index contributed by atoms with van der Waals surface area (Å²) < 4.78 is 0. The molecule has 3 aliphatic rings. The van der Waals surface area contributed by atoms with E-state index in [4.69, 9.17) is 0 Å². The molecule has 3 unspecified atom stereocenters. The molecule has 3 atom stereocenters. The van der Waals surface area contributed by atoms with Crippen molar-refractivity contribution in [1.82, 2.24) is 10.6 Å². The third kappa shape index (κ3) is 0.978. The van der Waals surface area contributed by atoms with E-state index in [1.807, 2.05) is 12.3 Å². The molecule has 0 aromatic carbocycles. The second kappa shape index (κ2) is 2.75. The van der Waals surface area contributed by atoms with Crippen LogP contribution in [0.2, 0.25) is 0 Å². The fraction of sp³-hybridized carbons (Fsp3) is 0.417. The lowest BCUT2D eigenvalue weighted by Crippen LogP contribution is -2.47. The third-order valence-electron chi connectivity index (χ3n) is 3.92. The van der Waals surface area contributed by atoms with Crippen molar-refractivity contribution in [2.24, 2.45) is 11.3 Å². The molecule has 0 saturated carbocycles. The van der Waals surface area contributed by atoms with Gasteiger partial charge in [0.15, 0.2) is 0 Å². The highest BCUT2D eigenvalue weighted by molar-refractivity contribution is 5.83. The van der Waals surface area contributed by atoms with Crippen molar-refractivity contribution in [3.63, 3.8) is 0 Å². The van der Waals surface area contributed by atoms with Crippen molar-refractivity contribution in [2.75, 3.05) is 0 Å². The Labute approximate surface area is 88.9 Å². The van der Waals surface area contributed by atoms with Gasteiger partial charge in [0.1, 0.15) is 0 Å². The van der Waals surface area contributed by atoms with Gasteiger partial charge in [0, 0.05) is 17.8 Å². The van der Waals surface area contributed by atoms with Crippen LogP contribution in [0.1, 0.15) is 13.3 Å². The summed E-state index contributed by atoms with van der Waals surface area (Å²) in [5.41, 5.74) is 1.14. The van der Waals surface area contributed by atoms with E-state index in [2.05, 4.69) is 29.7 Å². The quantitative estimate of drug-likeness (QED) is 0.577. The highest BCUT2D eigenvalue weighted by Gasteiger charge is 2.50. The molecule has 0 aromatic heterocycles. The maximum atomic E-state index is 11.9. The maximum absolute atomic E-state index is 11.9. The van der Waals surface area contributed by atoms with Gasteiger partial charge in [-0.25, -0.2) is 0 Å². The zero-order valence-electron chi connectivity index (χ0n) is 8.66.